The van der Waals surface area contributed by atoms with Crippen LogP contribution in [0, 0.1) is 11.3 Å². The van der Waals surface area contributed by atoms with Crippen LogP contribution in [0.1, 0.15) is 24.2 Å². The number of rotatable bonds is 5. The van der Waals surface area contributed by atoms with E-state index in [-0.39, 0.29) is 17.0 Å². The molecule has 124 valence electrons. The van der Waals surface area contributed by atoms with Gasteiger partial charge < -0.3 is 4.90 Å². The van der Waals surface area contributed by atoms with E-state index in [0.717, 1.165) is 31.7 Å². The van der Waals surface area contributed by atoms with Crippen molar-refractivity contribution in [1.29, 1.82) is 5.26 Å². The molecular weight excluding hydrogens is 326 g/mol. The summed E-state index contributed by atoms with van der Waals surface area (Å²) in [6, 6.07) is 9.80. The fourth-order valence-electron chi connectivity index (χ4n) is 2.63. The van der Waals surface area contributed by atoms with Crippen LogP contribution in [0.15, 0.2) is 41.4 Å². The lowest BCUT2D eigenvalue weighted by Gasteiger charge is -2.16. The normalized spacial score (nSPS) is 14.5. The number of anilines is 1. The Kier molecular flexibility index (Phi) is 4.74. The Morgan fingerprint density at radius 3 is 2.71 bits per heavy atom. The fraction of sp³-hybridized carbons (Fsp3) is 0.312. The SMILES string of the molecule is N#Cc1ccccc1S(=O)(=O)NCc1nccc(N2CCCC2)n1. The van der Waals surface area contributed by atoms with Crippen molar-refractivity contribution < 1.29 is 8.42 Å². The van der Waals surface area contributed by atoms with Crippen molar-refractivity contribution in [2.75, 3.05) is 18.0 Å². The minimum absolute atomic E-state index is 0.0240. The number of nitriles is 1. The lowest BCUT2D eigenvalue weighted by Crippen LogP contribution is -2.26. The molecule has 0 radical (unpaired) electrons. The summed E-state index contributed by atoms with van der Waals surface area (Å²) >= 11 is 0. The van der Waals surface area contributed by atoms with Gasteiger partial charge in [0.1, 0.15) is 17.7 Å². The summed E-state index contributed by atoms with van der Waals surface area (Å²) < 4.78 is 27.3. The first-order valence-corrected chi connectivity index (χ1v) is 9.14. The van der Waals surface area contributed by atoms with Crippen LogP contribution in [0.25, 0.3) is 0 Å². The molecule has 0 spiro atoms. The van der Waals surface area contributed by atoms with Crippen molar-refractivity contribution in [3.63, 3.8) is 0 Å². The van der Waals surface area contributed by atoms with Gasteiger partial charge in [0.2, 0.25) is 10.0 Å². The maximum Gasteiger partial charge on any atom is 0.242 e. The molecule has 0 amide bonds. The summed E-state index contributed by atoms with van der Waals surface area (Å²) in [4.78, 5) is 10.7. The Bertz CT molecular complexity index is 870. The van der Waals surface area contributed by atoms with Gasteiger partial charge in [-0.3, -0.25) is 0 Å². The smallest absolute Gasteiger partial charge is 0.242 e. The quantitative estimate of drug-likeness (QED) is 0.881. The molecule has 2 heterocycles. The summed E-state index contributed by atoms with van der Waals surface area (Å²) in [5.41, 5.74) is 0.108. The zero-order chi connectivity index (χ0) is 17.0. The van der Waals surface area contributed by atoms with Gasteiger partial charge in [0.25, 0.3) is 0 Å². The standard InChI is InChI=1S/C16H17N5O2S/c17-11-13-5-1-2-6-14(13)24(22,23)19-12-15-18-8-7-16(20-15)21-9-3-4-10-21/h1-2,5-8,19H,3-4,9-10,12H2. The number of nitrogens with zero attached hydrogens (tertiary/aromatic N) is 4. The monoisotopic (exact) mass is 343 g/mol. The van der Waals surface area contributed by atoms with Gasteiger partial charge in [0, 0.05) is 19.3 Å². The number of hydrogen-bond donors (Lipinski definition) is 1. The third kappa shape index (κ3) is 3.53. The van der Waals surface area contributed by atoms with E-state index < -0.39 is 10.0 Å². The molecule has 1 aromatic heterocycles. The van der Waals surface area contributed by atoms with Gasteiger partial charge in [-0.1, -0.05) is 12.1 Å². The number of nitrogens with one attached hydrogen (secondary N) is 1. The summed E-state index contributed by atoms with van der Waals surface area (Å²) in [5.74, 6) is 1.21. The maximum atomic E-state index is 12.4. The molecule has 1 fully saturated rings. The molecule has 1 aliphatic rings. The molecule has 24 heavy (non-hydrogen) atoms. The number of aromatic nitrogens is 2. The average molecular weight is 343 g/mol. The van der Waals surface area contributed by atoms with Crippen molar-refractivity contribution >= 4 is 15.8 Å². The lowest BCUT2D eigenvalue weighted by atomic mass is 10.2. The van der Waals surface area contributed by atoms with Crippen LogP contribution in [0.5, 0.6) is 0 Å². The highest BCUT2D eigenvalue weighted by Gasteiger charge is 2.19. The van der Waals surface area contributed by atoms with E-state index in [1.165, 1.54) is 12.1 Å². The van der Waals surface area contributed by atoms with Crippen LogP contribution in [0.4, 0.5) is 5.82 Å². The first-order chi connectivity index (χ1) is 11.6. The van der Waals surface area contributed by atoms with E-state index >= 15 is 0 Å². The molecule has 8 heteroatoms. The number of hydrogen-bond acceptors (Lipinski definition) is 6. The zero-order valence-electron chi connectivity index (χ0n) is 13.0. The van der Waals surface area contributed by atoms with Gasteiger partial charge in [-0.05, 0) is 31.0 Å². The highest BCUT2D eigenvalue weighted by atomic mass is 32.2. The predicted octanol–water partition coefficient (Wildman–Crippen LogP) is 1.43. The summed E-state index contributed by atoms with van der Waals surface area (Å²) in [6.45, 7) is 1.89. The molecule has 0 bridgehead atoms. The molecule has 2 aromatic rings. The van der Waals surface area contributed by atoms with Crippen molar-refractivity contribution in [2.45, 2.75) is 24.3 Å². The first-order valence-electron chi connectivity index (χ1n) is 7.66. The molecule has 1 aliphatic heterocycles. The Labute approximate surface area is 141 Å². The highest BCUT2D eigenvalue weighted by Crippen LogP contribution is 2.17. The molecular formula is C16H17N5O2S. The number of sulfonamides is 1. The van der Waals surface area contributed by atoms with E-state index in [1.807, 2.05) is 12.1 Å². The van der Waals surface area contributed by atoms with Gasteiger partial charge >= 0.3 is 0 Å². The second-order valence-corrected chi connectivity index (χ2v) is 7.19. The maximum absolute atomic E-state index is 12.4. The van der Waals surface area contributed by atoms with Crippen LogP contribution in [0.3, 0.4) is 0 Å². The Morgan fingerprint density at radius 1 is 1.21 bits per heavy atom. The van der Waals surface area contributed by atoms with Gasteiger partial charge in [-0.25, -0.2) is 23.1 Å². The van der Waals surface area contributed by atoms with Crippen molar-refractivity contribution in [1.82, 2.24) is 14.7 Å². The highest BCUT2D eigenvalue weighted by molar-refractivity contribution is 7.89. The number of benzene rings is 1. The third-order valence-corrected chi connectivity index (χ3v) is 5.30. The van der Waals surface area contributed by atoms with E-state index in [2.05, 4.69) is 19.6 Å². The van der Waals surface area contributed by atoms with E-state index in [4.69, 9.17) is 5.26 Å². The minimum atomic E-state index is -3.80. The van der Waals surface area contributed by atoms with Gasteiger partial charge in [-0.15, -0.1) is 0 Å². The van der Waals surface area contributed by atoms with Crippen molar-refractivity contribution in [2.24, 2.45) is 0 Å². The third-order valence-electron chi connectivity index (χ3n) is 3.84. The van der Waals surface area contributed by atoms with Crippen LogP contribution in [-0.2, 0) is 16.6 Å². The summed E-state index contributed by atoms with van der Waals surface area (Å²) in [5, 5.41) is 9.05. The van der Waals surface area contributed by atoms with Crippen LogP contribution in [0.2, 0.25) is 0 Å². The second-order valence-electron chi connectivity index (χ2n) is 5.46. The first kappa shape index (κ1) is 16.4. The minimum Gasteiger partial charge on any atom is -0.357 e. The van der Waals surface area contributed by atoms with Crippen LogP contribution in [-0.4, -0.2) is 31.5 Å². The Hall–Kier alpha value is -2.50. The second kappa shape index (κ2) is 6.95. The predicted molar refractivity (Wildman–Crippen MR) is 88.7 cm³/mol. The molecule has 1 aromatic carbocycles. The van der Waals surface area contributed by atoms with Gasteiger partial charge in [0.05, 0.1) is 17.0 Å². The van der Waals surface area contributed by atoms with Crippen molar-refractivity contribution in [3.05, 3.63) is 47.9 Å². The van der Waals surface area contributed by atoms with E-state index in [9.17, 15) is 8.42 Å². The molecule has 3 rings (SSSR count). The molecule has 7 nitrogen and oxygen atoms in total. The molecule has 1 saturated heterocycles. The summed E-state index contributed by atoms with van der Waals surface area (Å²) in [6.07, 6.45) is 3.90. The molecule has 0 saturated carbocycles. The van der Waals surface area contributed by atoms with Crippen molar-refractivity contribution in [3.8, 4) is 6.07 Å². The van der Waals surface area contributed by atoms with E-state index in [1.54, 1.807) is 18.3 Å². The zero-order valence-corrected chi connectivity index (χ0v) is 13.8. The van der Waals surface area contributed by atoms with E-state index in [0.29, 0.717) is 5.82 Å². The van der Waals surface area contributed by atoms with Gasteiger partial charge in [0.15, 0.2) is 0 Å². The molecule has 0 atom stereocenters. The topological polar surface area (TPSA) is 99.0 Å². The largest absolute Gasteiger partial charge is 0.357 e. The summed E-state index contributed by atoms with van der Waals surface area (Å²) in [7, 11) is -3.80. The lowest BCUT2D eigenvalue weighted by molar-refractivity contribution is 0.579. The molecule has 1 N–H and O–H groups in total. The molecule has 0 aliphatic carbocycles. The fourth-order valence-corrected chi connectivity index (χ4v) is 3.76. The van der Waals surface area contributed by atoms with Crippen LogP contribution >= 0.6 is 0 Å². The Balaban J connectivity index is 1.75. The average Bonchev–Trinajstić information content (AvgIpc) is 3.15. The van der Waals surface area contributed by atoms with Crippen LogP contribution < -0.4 is 9.62 Å². The molecule has 0 unspecified atom stereocenters. The Morgan fingerprint density at radius 2 is 1.96 bits per heavy atom. The van der Waals surface area contributed by atoms with Gasteiger partial charge in [-0.2, -0.15) is 5.26 Å².